The summed E-state index contributed by atoms with van der Waals surface area (Å²) < 4.78 is 1.88. The molecule has 1 aromatic heterocycles. The minimum atomic E-state index is 0.542. The van der Waals surface area contributed by atoms with Crippen LogP contribution in [-0.2, 0) is 7.05 Å². The number of rotatable bonds is 3. The predicted molar refractivity (Wildman–Crippen MR) is 66.7 cm³/mol. The average molecular weight is 268 g/mol. The Morgan fingerprint density at radius 3 is 2.71 bits per heavy atom. The smallest absolute Gasteiger partial charge is 0.195 e. The van der Waals surface area contributed by atoms with Crippen molar-refractivity contribution in [3.8, 4) is 0 Å². The zero-order valence-corrected chi connectivity index (χ0v) is 10.9. The molecule has 0 radical (unpaired) electrons. The second-order valence-electron chi connectivity index (χ2n) is 3.50. The normalized spacial score (nSPS) is 10.5. The van der Waals surface area contributed by atoms with Crippen molar-refractivity contribution in [1.29, 1.82) is 0 Å². The lowest BCUT2D eigenvalue weighted by Crippen LogP contribution is -1.93. The third-order valence-electron chi connectivity index (χ3n) is 2.35. The van der Waals surface area contributed by atoms with Crippen molar-refractivity contribution in [3.63, 3.8) is 0 Å². The van der Waals surface area contributed by atoms with E-state index in [0.717, 1.165) is 22.2 Å². The van der Waals surface area contributed by atoms with Crippen LogP contribution in [0.2, 0.25) is 5.02 Å². The van der Waals surface area contributed by atoms with Gasteiger partial charge in [-0.3, -0.25) is 4.79 Å². The minimum absolute atomic E-state index is 0.542. The lowest BCUT2D eigenvalue weighted by atomic mass is 10.2. The van der Waals surface area contributed by atoms with E-state index < -0.39 is 0 Å². The van der Waals surface area contributed by atoms with Crippen molar-refractivity contribution in [2.24, 2.45) is 7.05 Å². The molecule has 0 amide bonds. The standard InChI is InChI=1S/C11H10ClN3OS/c1-7-13-14-11(15(7)2)17-10-4-3-8(6-16)5-9(10)12/h3-6H,1-2H3. The fraction of sp³-hybridized carbons (Fsp3) is 0.182. The van der Waals surface area contributed by atoms with Crippen molar-refractivity contribution in [2.45, 2.75) is 17.0 Å². The van der Waals surface area contributed by atoms with Gasteiger partial charge in [0.1, 0.15) is 12.1 Å². The monoisotopic (exact) mass is 267 g/mol. The van der Waals surface area contributed by atoms with Gasteiger partial charge in [-0.05, 0) is 30.8 Å². The molecule has 0 N–H and O–H groups in total. The van der Waals surface area contributed by atoms with Crippen molar-refractivity contribution >= 4 is 29.6 Å². The zero-order valence-electron chi connectivity index (χ0n) is 9.35. The molecule has 1 aromatic carbocycles. The number of nitrogens with zero attached hydrogens (tertiary/aromatic N) is 3. The molecule has 0 saturated heterocycles. The van der Waals surface area contributed by atoms with Crippen LogP contribution < -0.4 is 0 Å². The van der Waals surface area contributed by atoms with E-state index in [9.17, 15) is 4.79 Å². The molecule has 0 atom stereocenters. The zero-order chi connectivity index (χ0) is 12.4. The Labute approximate surface area is 108 Å². The molecule has 4 nitrogen and oxygen atoms in total. The van der Waals surface area contributed by atoms with E-state index in [4.69, 9.17) is 11.6 Å². The maximum atomic E-state index is 10.6. The van der Waals surface area contributed by atoms with Crippen LogP contribution in [0.4, 0.5) is 0 Å². The first kappa shape index (κ1) is 12.1. The van der Waals surface area contributed by atoms with E-state index in [1.54, 1.807) is 18.2 Å². The summed E-state index contributed by atoms with van der Waals surface area (Å²) in [6.45, 7) is 1.88. The van der Waals surface area contributed by atoms with E-state index in [2.05, 4.69) is 10.2 Å². The highest BCUT2D eigenvalue weighted by Crippen LogP contribution is 2.32. The number of aryl methyl sites for hydroxylation is 1. The van der Waals surface area contributed by atoms with Gasteiger partial charge in [0.2, 0.25) is 0 Å². The summed E-state index contributed by atoms with van der Waals surface area (Å²) in [5.41, 5.74) is 0.563. The summed E-state index contributed by atoms with van der Waals surface area (Å²) in [6.07, 6.45) is 0.771. The van der Waals surface area contributed by atoms with Gasteiger partial charge in [0.05, 0.1) is 5.02 Å². The lowest BCUT2D eigenvalue weighted by molar-refractivity contribution is 0.112. The second-order valence-corrected chi connectivity index (χ2v) is 4.91. The van der Waals surface area contributed by atoms with Gasteiger partial charge in [-0.1, -0.05) is 17.7 Å². The summed E-state index contributed by atoms with van der Waals surface area (Å²) in [7, 11) is 1.89. The average Bonchev–Trinajstić information content (AvgIpc) is 2.63. The van der Waals surface area contributed by atoms with Gasteiger partial charge in [0.15, 0.2) is 5.16 Å². The van der Waals surface area contributed by atoms with Crippen LogP contribution in [-0.4, -0.2) is 21.1 Å². The predicted octanol–water partition coefficient (Wildman–Crippen LogP) is 2.74. The Hall–Kier alpha value is -1.33. The molecule has 0 bridgehead atoms. The molecule has 88 valence electrons. The topological polar surface area (TPSA) is 47.8 Å². The van der Waals surface area contributed by atoms with Gasteiger partial charge in [-0.25, -0.2) is 0 Å². The van der Waals surface area contributed by atoms with Gasteiger partial charge in [-0.2, -0.15) is 0 Å². The van der Waals surface area contributed by atoms with Crippen molar-refractivity contribution in [2.75, 3.05) is 0 Å². The van der Waals surface area contributed by atoms with Crippen LogP contribution in [0.15, 0.2) is 28.3 Å². The largest absolute Gasteiger partial charge is 0.309 e. The van der Waals surface area contributed by atoms with Crippen LogP contribution in [0.3, 0.4) is 0 Å². The summed E-state index contributed by atoms with van der Waals surface area (Å²) >= 11 is 7.50. The van der Waals surface area contributed by atoms with E-state index in [1.165, 1.54) is 11.8 Å². The van der Waals surface area contributed by atoms with Gasteiger partial charge in [-0.15, -0.1) is 10.2 Å². The number of benzene rings is 1. The summed E-state index contributed by atoms with van der Waals surface area (Å²) in [5.74, 6) is 0.841. The Morgan fingerprint density at radius 2 is 2.18 bits per heavy atom. The van der Waals surface area contributed by atoms with Gasteiger partial charge in [0.25, 0.3) is 0 Å². The minimum Gasteiger partial charge on any atom is -0.309 e. The molecule has 0 fully saturated rings. The molecule has 0 aliphatic carbocycles. The molecule has 0 aliphatic rings. The molecular weight excluding hydrogens is 258 g/mol. The summed E-state index contributed by atoms with van der Waals surface area (Å²) in [6, 6.07) is 5.17. The Kier molecular flexibility index (Phi) is 3.49. The maximum absolute atomic E-state index is 10.6. The fourth-order valence-corrected chi connectivity index (χ4v) is 2.39. The number of carbonyl (C=O) groups is 1. The van der Waals surface area contributed by atoms with E-state index in [1.807, 2.05) is 18.5 Å². The van der Waals surface area contributed by atoms with Gasteiger partial charge >= 0.3 is 0 Å². The van der Waals surface area contributed by atoms with Crippen LogP contribution in [0.25, 0.3) is 0 Å². The quantitative estimate of drug-likeness (QED) is 0.803. The molecule has 0 saturated carbocycles. The highest BCUT2D eigenvalue weighted by Gasteiger charge is 2.09. The van der Waals surface area contributed by atoms with Crippen molar-refractivity contribution in [1.82, 2.24) is 14.8 Å². The number of halogens is 1. The molecule has 17 heavy (non-hydrogen) atoms. The molecule has 1 heterocycles. The number of hydrogen-bond donors (Lipinski definition) is 0. The molecule has 0 spiro atoms. The number of aldehydes is 1. The molecule has 6 heteroatoms. The number of hydrogen-bond acceptors (Lipinski definition) is 4. The molecule has 2 rings (SSSR count). The van der Waals surface area contributed by atoms with E-state index in [-0.39, 0.29) is 0 Å². The van der Waals surface area contributed by atoms with Gasteiger partial charge < -0.3 is 4.57 Å². The molecule has 2 aromatic rings. The lowest BCUT2D eigenvalue weighted by Gasteiger charge is -2.04. The van der Waals surface area contributed by atoms with Crippen LogP contribution in [0.5, 0.6) is 0 Å². The summed E-state index contributed by atoms with van der Waals surface area (Å²) in [5, 5.41) is 9.32. The number of carbonyl (C=O) groups excluding carboxylic acids is 1. The second kappa shape index (κ2) is 4.89. The van der Waals surface area contributed by atoms with Crippen molar-refractivity contribution in [3.05, 3.63) is 34.6 Å². The first-order valence-electron chi connectivity index (χ1n) is 4.90. The Balaban J connectivity index is 2.30. The van der Waals surface area contributed by atoms with Crippen LogP contribution in [0.1, 0.15) is 16.2 Å². The SMILES string of the molecule is Cc1nnc(Sc2ccc(C=O)cc2Cl)n1C. The molecule has 0 unspecified atom stereocenters. The highest BCUT2D eigenvalue weighted by molar-refractivity contribution is 7.99. The molecular formula is C11H10ClN3OS. The van der Waals surface area contributed by atoms with Crippen LogP contribution in [0, 0.1) is 6.92 Å². The first-order valence-corrected chi connectivity index (χ1v) is 6.10. The van der Waals surface area contributed by atoms with Gasteiger partial charge in [0, 0.05) is 17.5 Å². The molecule has 0 aliphatic heterocycles. The van der Waals surface area contributed by atoms with Crippen LogP contribution >= 0.6 is 23.4 Å². The Morgan fingerprint density at radius 1 is 1.41 bits per heavy atom. The van der Waals surface area contributed by atoms with Crippen molar-refractivity contribution < 1.29 is 4.79 Å². The third kappa shape index (κ3) is 2.50. The highest BCUT2D eigenvalue weighted by atomic mass is 35.5. The Bertz CT molecular complexity index is 568. The first-order chi connectivity index (χ1) is 8.11. The van der Waals surface area contributed by atoms with E-state index >= 15 is 0 Å². The van der Waals surface area contributed by atoms with E-state index in [0.29, 0.717) is 10.6 Å². The third-order valence-corrected chi connectivity index (χ3v) is 3.88. The number of aromatic nitrogens is 3. The fourth-order valence-electron chi connectivity index (χ4n) is 1.25. The summed E-state index contributed by atoms with van der Waals surface area (Å²) in [4.78, 5) is 11.4. The maximum Gasteiger partial charge on any atom is 0.195 e.